The number of esters is 1. The van der Waals surface area contributed by atoms with Gasteiger partial charge >= 0.3 is 13.6 Å². The van der Waals surface area contributed by atoms with Gasteiger partial charge in [0, 0.05) is 7.11 Å². The third-order valence-corrected chi connectivity index (χ3v) is 4.35. The maximum atomic E-state index is 11.5. The Morgan fingerprint density at radius 1 is 1.33 bits per heavy atom. The number of hydrogen-bond acceptors (Lipinski definition) is 5. The highest BCUT2D eigenvalue weighted by Gasteiger charge is 2.33. The summed E-state index contributed by atoms with van der Waals surface area (Å²) < 4.78 is 20.4. The molecule has 0 rings (SSSR count). The Bertz CT molecular complexity index is 340. The number of methoxy groups -OCH3 is 1. The number of hydrogen-bond donors (Lipinski definition) is 1. The zero-order valence-electron chi connectivity index (χ0n) is 11.2. The highest BCUT2D eigenvalue weighted by Crippen LogP contribution is 2.43. The molecular formula is C11H21O6P. The molecule has 18 heavy (non-hydrogen) atoms. The van der Waals surface area contributed by atoms with E-state index in [4.69, 9.17) is 0 Å². The molecule has 0 fully saturated rings. The molecule has 0 aliphatic carbocycles. The van der Waals surface area contributed by atoms with Gasteiger partial charge in [0.25, 0.3) is 0 Å². The first-order valence-corrected chi connectivity index (χ1v) is 7.51. The van der Waals surface area contributed by atoms with E-state index in [2.05, 4.69) is 9.26 Å². The predicted molar refractivity (Wildman–Crippen MR) is 66.3 cm³/mol. The number of carbonyl (C=O) groups excluding carboxylic acids is 2. The molecule has 0 aromatic heterocycles. The Morgan fingerprint density at radius 3 is 2.22 bits per heavy atom. The van der Waals surface area contributed by atoms with E-state index in [9.17, 15) is 19.0 Å². The lowest BCUT2D eigenvalue weighted by Gasteiger charge is -2.22. The third-order valence-electron chi connectivity index (χ3n) is 2.96. The molecule has 3 atom stereocenters. The molecule has 6 nitrogen and oxygen atoms in total. The minimum absolute atomic E-state index is 0.0806. The Morgan fingerprint density at radius 2 is 1.89 bits per heavy atom. The lowest BCUT2D eigenvalue weighted by molar-refractivity contribution is -0.151. The molecule has 0 bridgehead atoms. The largest absolute Gasteiger partial charge is 0.468 e. The second kappa shape index (κ2) is 7.67. The maximum Gasteiger partial charge on any atom is 0.327 e. The van der Waals surface area contributed by atoms with E-state index in [1.807, 2.05) is 6.92 Å². The Hall–Kier alpha value is -0.710. The van der Waals surface area contributed by atoms with E-state index in [1.54, 1.807) is 0 Å². The standard InChI is InChI=1S/C11H21O6P/c1-5-9(6-7-18(14,15)17-4)10(8(2)12)11(13)16-3/h9-10H,5-7H2,1-4H3,(H,14,15)/t9-,10+/m1/s1. The highest BCUT2D eigenvalue weighted by molar-refractivity contribution is 7.52. The second-order valence-electron chi connectivity index (χ2n) is 4.11. The van der Waals surface area contributed by atoms with Gasteiger partial charge in [-0.3, -0.25) is 14.2 Å². The van der Waals surface area contributed by atoms with Crippen LogP contribution in [0.25, 0.3) is 0 Å². The fourth-order valence-corrected chi connectivity index (χ4v) is 2.68. The van der Waals surface area contributed by atoms with E-state index < -0.39 is 19.5 Å². The molecule has 0 radical (unpaired) electrons. The number of ether oxygens (including phenoxy) is 1. The van der Waals surface area contributed by atoms with Gasteiger partial charge in [0.15, 0.2) is 0 Å². The number of Topliss-reactive ketones (excluding diaryl/α,β-unsaturated/α-hetero) is 1. The maximum absolute atomic E-state index is 11.5. The molecule has 106 valence electrons. The summed E-state index contributed by atoms with van der Waals surface area (Å²) in [7, 11) is -1.24. The smallest absolute Gasteiger partial charge is 0.327 e. The summed E-state index contributed by atoms with van der Waals surface area (Å²) in [6.07, 6.45) is 0.726. The Labute approximate surface area is 107 Å². The second-order valence-corrected chi connectivity index (χ2v) is 6.20. The highest BCUT2D eigenvalue weighted by atomic mass is 31.2. The summed E-state index contributed by atoms with van der Waals surface area (Å²) in [5.74, 6) is -2.08. The van der Waals surface area contributed by atoms with Crippen LogP contribution in [0.3, 0.4) is 0 Å². The topological polar surface area (TPSA) is 89.9 Å². The molecule has 7 heteroatoms. The molecule has 0 amide bonds. The first kappa shape index (κ1) is 17.3. The summed E-state index contributed by atoms with van der Waals surface area (Å²) in [6, 6.07) is 0. The lowest BCUT2D eigenvalue weighted by atomic mass is 9.85. The van der Waals surface area contributed by atoms with E-state index in [-0.39, 0.29) is 24.3 Å². The van der Waals surface area contributed by atoms with Crippen LogP contribution in [0.1, 0.15) is 26.7 Å². The van der Waals surface area contributed by atoms with Crippen molar-refractivity contribution in [2.75, 3.05) is 20.4 Å². The molecule has 1 N–H and O–H groups in total. The Balaban J connectivity index is 4.77. The van der Waals surface area contributed by atoms with Crippen LogP contribution in [0.2, 0.25) is 0 Å². The summed E-state index contributed by atoms with van der Waals surface area (Å²) in [5.41, 5.74) is 0. The van der Waals surface area contributed by atoms with Crippen LogP contribution in [0, 0.1) is 11.8 Å². The Kier molecular flexibility index (Phi) is 7.36. The molecule has 0 saturated heterocycles. The zero-order chi connectivity index (χ0) is 14.3. The van der Waals surface area contributed by atoms with Crippen molar-refractivity contribution in [3.63, 3.8) is 0 Å². The molecule has 0 spiro atoms. The molecule has 0 aromatic rings. The van der Waals surface area contributed by atoms with E-state index in [1.165, 1.54) is 14.0 Å². The molecule has 0 heterocycles. The van der Waals surface area contributed by atoms with Crippen LogP contribution in [-0.2, 0) is 23.4 Å². The molecule has 0 saturated carbocycles. The van der Waals surface area contributed by atoms with Gasteiger partial charge in [0.1, 0.15) is 11.7 Å². The van der Waals surface area contributed by atoms with Crippen molar-refractivity contribution >= 4 is 19.3 Å². The van der Waals surface area contributed by atoms with E-state index >= 15 is 0 Å². The van der Waals surface area contributed by atoms with Crippen molar-refractivity contribution in [2.45, 2.75) is 26.7 Å². The molecule has 0 aliphatic rings. The average Bonchev–Trinajstić information content (AvgIpc) is 2.33. The van der Waals surface area contributed by atoms with Crippen LogP contribution >= 0.6 is 7.60 Å². The predicted octanol–water partition coefficient (Wildman–Crippen LogP) is 1.61. The van der Waals surface area contributed by atoms with Gasteiger partial charge in [-0.2, -0.15) is 0 Å². The van der Waals surface area contributed by atoms with Crippen LogP contribution in [0.5, 0.6) is 0 Å². The van der Waals surface area contributed by atoms with Gasteiger partial charge in [-0.15, -0.1) is 0 Å². The lowest BCUT2D eigenvalue weighted by Crippen LogP contribution is -2.31. The van der Waals surface area contributed by atoms with Gasteiger partial charge in [-0.1, -0.05) is 13.3 Å². The summed E-state index contributed by atoms with van der Waals surface area (Å²) in [4.78, 5) is 32.3. The van der Waals surface area contributed by atoms with E-state index in [0.29, 0.717) is 6.42 Å². The van der Waals surface area contributed by atoms with Crippen LogP contribution in [0.15, 0.2) is 0 Å². The minimum Gasteiger partial charge on any atom is -0.468 e. The van der Waals surface area contributed by atoms with Gasteiger partial charge < -0.3 is 14.2 Å². The van der Waals surface area contributed by atoms with Crippen molar-refractivity contribution in [3.8, 4) is 0 Å². The molecule has 0 aliphatic heterocycles. The summed E-state index contributed by atoms with van der Waals surface area (Å²) in [6.45, 7) is 3.14. The SMILES string of the molecule is CC[C@H](CCP(=O)(O)OC)[C@H](C(C)=O)C(=O)OC. The average molecular weight is 280 g/mol. The third kappa shape index (κ3) is 5.29. The van der Waals surface area contributed by atoms with Crippen LogP contribution < -0.4 is 0 Å². The minimum atomic E-state index is -3.61. The monoisotopic (exact) mass is 280 g/mol. The van der Waals surface area contributed by atoms with Crippen LogP contribution in [-0.4, -0.2) is 37.0 Å². The number of carbonyl (C=O) groups is 2. The fourth-order valence-electron chi connectivity index (χ4n) is 1.84. The number of rotatable bonds is 8. The summed E-state index contributed by atoms with van der Waals surface area (Å²) in [5, 5.41) is 0. The normalized spacial score (nSPS) is 17.6. The first-order chi connectivity index (χ1) is 8.29. The summed E-state index contributed by atoms with van der Waals surface area (Å²) >= 11 is 0. The molecular weight excluding hydrogens is 259 g/mol. The quantitative estimate of drug-likeness (QED) is 0.413. The molecule has 1 unspecified atom stereocenters. The van der Waals surface area contributed by atoms with Gasteiger partial charge in [0.2, 0.25) is 0 Å². The first-order valence-electron chi connectivity index (χ1n) is 5.74. The van der Waals surface area contributed by atoms with Gasteiger partial charge in [0.05, 0.1) is 13.3 Å². The van der Waals surface area contributed by atoms with Crippen molar-refractivity contribution in [3.05, 3.63) is 0 Å². The van der Waals surface area contributed by atoms with Crippen molar-refractivity contribution in [2.24, 2.45) is 11.8 Å². The van der Waals surface area contributed by atoms with Crippen molar-refractivity contribution in [1.29, 1.82) is 0 Å². The van der Waals surface area contributed by atoms with Crippen LogP contribution in [0.4, 0.5) is 0 Å². The zero-order valence-corrected chi connectivity index (χ0v) is 12.1. The van der Waals surface area contributed by atoms with Crippen molar-refractivity contribution in [1.82, 2.24) is 0 Å². The molecule has 0 aromatic carbocycles. The van der Waals surface area contributed by atoms with Gasteiger partial charge in [-0.25, -0.2) is 0 Å². The number of ketones is 1. The fraction of sp³-hybridized carbons (Fsp3) is 0.818. The van der Waals surface area contributed by atoms with Gasteiger partial charge in [-0.05, 0) is 19.3 Å². The van der Waals surface area contributed by atoms with Crippen molar-refractivity contribution < 1.29 is 28.3 Å². The van der Waals surface area contributed by atoms with E-state index in [0.717, 1.165) is 7.11 Å².